The van der Waals surface area contributed by atoms with E-state index >= 15 is 0 Å². The number of ether oxygens (including phenoxy) is 1. The Bertz CT molecular complexity index is 474. The van der Waals surface area contributed by atoms with Gasteiger partial charge in [0.1, 0.15) is 5.76 Å². The zero-order chi connectivity index (χ0) is 15.2. The molecule has 116 valence electrons. The molecule has 2 heterocycles. The van der Waals surface area contributed by atoms with Crippen LogP contribution in [0.5, 0.6) is 0 Å². The van der Waals surface area contributed by atoms with Crippen molar-refractivity contribution >= 4 is 12.0 Å². The van der Waals surface area contributed by atoms with Crippen molar-refractivity contribution in [2.75, 3.05) is 13.1 Å². The SMILES string of the molecule is CCN(Cc1ccco1)C(=O)NCC1CCC(C(=O)O)O1. The molecule has 1 aromatic rings. The van der Waals surface area contributed by atoms with Gasteiger partial charge >= 0.3 is 12.0 Å². The molecule has 1 saturated heterocycles. The van der Waals surface area contributed by atoms with Gasteiger partial charge in [-0.1, -0.05) is 0 Å². The average Bonchev–Trinajstić information content (AvgIpc) is 3.13. The number of amides is 2. The van der Waals surface area contributed by atoms with Crippen LogP contribution in [0.25, 0.3) is 0 Å². The van der Waals surface area contributed by atoms with Crippen LogP contribution in [0.15, 0.2) is 22.8 Å². The molecule has 1 aromatic heterocycles. The quantitative estimate of drug-likeness (QED) is 0.828. The molecule has 7 nitrogen and oxygen atoms in total. The molecule has 0 saturated carbocycles. The molecule has 21 heavy (non-hydrogen) atoms. The summed E-state index contributed by atoms with van der Waals surface area (Å²) in [7, 11) is 0. The van der Waals surface area contributed by atoms with E-state index in [9.17, 15) is 9.59 Å². The van der Waals surface area contributed by atoms with Gasteiger partial charge in [0.2, 0.25) is 0 Å². The van der Waals surface area contributed by atoms with Gasteiger partial charge in [-0.25, -0.2) is 9.59 Å². The molecule has 1 aliphatic rings. The molecule has 2 unspecified atom stereocenters. The zero-order valence-corrected chi connectivity index (χ0v) is 11.9. The van der Waals surface area contributed by atoms with E-state index in [1.807, 2.05) is 13.0 Å². The molecule has 0 aromatic carbocycles. The highest BCUT2D eigenvalue weighted by atomic mass is 16.5. The van der Waals surface area contributed by atoms with Crippen LogP contribution in [0.2, 0.25) is 0 Å². The third-order valence-corrected chi connectivity index (χ3v) is 3.46. The van der Waals surface area contributed by atoms with E-state index in [0.717, 1.165) is 5.76 Å². The number of carbonyl (C=O) groups is 2. The lowest BCUT2D eigenvalue weighted by Gasteiger charge is -2.21. The molecule has 2 atom stereocenters. The van der Waals surface area contributed by atoms with Gasteiger partial charge in [-0.05, 0) is 31.9 Å². The molecule has 2 amide bonds. The Morgan fingerprint density at radius 2 is 2.29 bits per heavy atom. The van der Waals surface area contributed by atoms with Crippen molar-refractivity contribution in [3.63, 3.8) is 0 Å². The van der Waals surface area contributed by atoms with Gasteiger partial charge in [-0.2, -0.15) is 0 Å². The van der Waals surface area contributed by atoms with E-state index < -0.39 is 12.1 Å². The lowest BCUT2D eigenvalue weighted by atomic mass is 10.2. The molecule has 1 fully saturated rings. The normalized spacial score (nSPS) is 21.2. The monoisotopic (exact) mass is 296 g/mol. The van der Waals surface area contributed by atoms with Crippen LogP contribution in [-0.2, 0) is 16.1 Å². The summed E-state index contributed by atoms with van der Waals surface area (Å²) >= 11 is 0. The summed E-state index contributed by atoms with van der Waals surface area (Å²) in [6, 6.07) is 3.38. The topological polar surface area (TPSA) is 92.0 Å². The minimum absolute atomic E-state index is 0.212. The van der Waals surface area contributed by atoms with Crippen molar-refractivity contribution in [1.29, 1.82) is 0 Å². The van der Waals surface area contributed by atoms with Crippen molar-refractivity contribution in [1.82, 2.24) is 10.2 Å². The lowest BCUT2D eigenvalue weighted by Crippen LogP contribution is -2.42. The van der Waals surface area contributed by atoms with Crippen LogP contribution >= 0.6 is 0 Å². The van der Waals surface area contributed by atoms with Crippen LogP contribution in [0.3, 0.4) is 0 Å². The molecular formula is C14H20N2O5. The van der Waals surface area contributed by atoms with Gasteiger partial charge in [0.25, 0.3) is 0 Å². The standard InChI is InChI=1S/C14H20N2O5/c1-2-16(9-11-4-3-7-20-11)14(19)15-8-10-5-6-12(21-10)13(17)18/h3-4,7,10,12H,2,5-6,8-9H2,1H3,(H,15,19)(H,17,18). The van der Waals surface area contributed by atoms with Crippen molar-refractivity contribution in [3.05, 3.63) is 24.2 Å². The third kappa shape index (κ3) is 4.22. The maximum absolute atomic E-state index is 12.1. The number of aliphatic carboxylic acids is 1. The van der Waals surface area contributed by atoms with Gasteiger partial charge in [0.15, 0.2) is 6.10 Å². The molecule has 0 radical (unpaired) electrons. The van der Waals surface area contributed by atoms with E-state index in [-0.39, 0.29) is 12.1 Å². The number of nitrogens with zero attached hydrogens (tertiary/aromatic N) is 1. The Labute approximate surface area is 122 Å². The summed E-state index contributed by atoms with van der Waals surface area (Å²) in [5, 5.41) is 11.6. The first-order valence-electron chi connectivity index (χ1n) is 7.03. The van der Waals surface area contributed by atoms with Crippen LogP contribution in [0.1, 0.15) is 25.5 Å². The van der Waals surface area contributed by atoms with Crippen LogP contribution in [0.4, 0.5) is 4.79 Å². The molecule has 0 aliphatic carbocycles. The number of furan rings is 1. The molecule has 2 rings (SSSR count). The van der Waals surface area contributed by atoms with Gasteiger partial charge < -0.3 is 24.5 Å². The molecule has 7 heteroatoms. The summed E-state index contributed by atoms with van der Waals surface area (Å²) in [6.07, 6.45) is 1.70. The summed E-state index contributed by atoms with van der Waals surface area (Å²) in [6.45, 7) is 3.15. The summed E-state index contributed by atoms with van der Waals surface area (Å²) < 4.78 is 10.6. The van der Waals surface area contributed by atoms with Gasteiger partial charge in [-0.15, -0.1) is 0 Å². The van der Waals surface area contributed by atoms with E-state index in [4.69, 9.17) is 14.3 Å². The van der Waals surface area contributed by atoms with Gasteiger partial charge in [0, 0.05) is 13.1 Å². The first-order chi connectivity index (χ1) is 10.1. The number of carbonyl (C=O) groups excluding carboxylic acids is 1. The van der Waals surface area contributed by atoms with E-state index in [0.29, 0.717) is 32.5 Å². The summed E-state index contributed by atoms with van der Waals surface area (Å²) in [4.78, 5) is 24.5. The number of nitrogens with one attached hydrogen (secondary N) is 1. The maximum atomic E-state index is 12.1. The molecule has 2 N–H and O–H groups in total. The van der Waals surface area contributed by atoms with Gasteiger partial charge in [0.05, 0.1) is 18.9 Å². The minimum Gasteiger partial charge on any atom is -0.479 e. The largest absolute Gasteiger partial charge is 0.479 e. The van der Waals surface area contributed by atoms with Crippen molar-refractivity contribution in [2.24, 2.45) is 0 Å². The Morgan fingerprint density at radius 3 is 2.86 bits per heavy atom. The fourth-order valence-corrected chi connectivity index (χ4v) is 2.27. The van der Waals surface area contributed by atoms with Crippen LogP contribution in [0, 0.1) is 0 Å². The van der Waals surface area contributed by atoms with Gasteiger partial charge in [-0.3, -0.25) is 0 Å². The predicted molar refractivity (Wildman–Crippen MR) is 73.7 cm³/mol. The number of rotatable bonds is 6. The second kappa shape index (κ2) is 7.12. The lowest BCUT2D eigenvalue weighted by molar-refractivity contribution is -0.149. The number of carboxylic acid groups (broad SMARTS) is 1. The fraction of sp³-hybridized carbons (Fsp3) is 0.571. The van der Waals surface area contributed by atoms with E-state index in [1.54, 1.807) is 17.2 Å². The number of urea groups is 1. The zero-order valence-electron chi connectivity index (χ0n) is 11.9. The molecule has 0 spiro atoms. The molecule has 1 aliphatic heterocycles. The van der Waals surface area contributed by atoms with Crippen LogP contribution < -0.4 is 5.32 Å². The first kappa shape index (κ1) is 15.4. The fourth-order valence-electron chi connectivity index (χ4n) is 2.27. The van der Waals surface area contributed by atoms with E-state index in [2.05, 4.69) is 5.32 Å². The maximum Gasteiger partial charge on any atom is 0.332 e. The minimum atomic E-state index is -0.947. The van der Waals surface area contributed by atoms with E-state index in [1.165, 1.54) is 0 Å². The Balaban J connectivity index is 1.76. The highest BCUT2D eigenvalue weighted by Gasteiger charge is 2.30. The summed E-state index contributed by atoms with van der Waals surface area (Å²) in [5.74, 6) is -0.230. The van der Waals surface area contributed by atoms with Crippen molar-refractivity contribution < 1.29 is 23.8 Å². The Morgan fingerprint density at radius 1 is 1.48 bits per heavy atom. The average molecular weight is 296 g/mol. The van der Waals surface area contributed by atoms with Crippen molar-refractivity contribution in [3.8, 4) is 0 Å². The van der Waals surface area contributed by atoms with Crippen LogP contribution in [-0.4, -0.2) is 47.3 Å². The van der Waals surface area contributed by atoms with Crippen molar-refractivity contribution in [2.45, 2.75) is 38.5 Å². The molecule has 0 bridgehead atoms. The highest BCUT2D eigenvalue weighted by Crippen LogP contribution is 2.19. The Hall–Kier alpha value is -2.02. The Kier molecular flexibility index (Phi) is 5.21. The second-order valence-corrected chi connectivity index (χ2v) is 4.94. The number of hydrogen-bond acceptors (Lipinski definition) is 4. The second-order valence-electron chi connectivity index (χ2n) is 4.94. The first-order valence-corrected chi connectivity index (χ1v) is 7.03. The smallest absolute Gasteiger partial charge is 0.332 e. The molecular weight excluding hydrogens is 276 g/mol. The number of carboxylic acids is 1. The number of hydrogen-bond donors (Lipinski definition) is 2. The highest BCUT2D eigenvalue weighted by molar-refractivity contribution is 5.74. The summed E-state index contributed by atoms with van der Waals surface area (Å²) in [5.41, 5.74) is 0. The third-order valence-electron chi connectivity index (χ3n) is 3.46. The predicted octanol–water partition coefficient (Wildman–Crippen LogP) is 1.44.